The molecule has 0 aliphatic rings. The van der Waals surface area contributed by atoms with Crippen LogP contribution in [0.2, 0.25) is 0 Å². The van der Waals surface area contributed by atoms with Gasteiger partial charge in [-0.15, -0.1) is 0 Å². The van der Waals surface area contributed by atoms with Crippen LogP contribution in [0.5, 0.6) is 0 Å². The zero-order valence-corrected chi connectivity index (χ0v) is 6.37. The number of nitrogens with one attached hydrogen (secondary N) is 1. The molecule has 10 heavy (non-hydrogen) atoms. The Balaban J connectivity index is 2.77. The first-order valence-corrected chi connectivity index (χ1v) is 3.76. The summed E-state index contributed by atoms with van der Waals surface area (Å²) in [4.78, 5) is 0. The number of hydrogen-bond acceptors (Lipinski definition) is 1. The highest BCUT2D eigenvalue weighted by molar-refractivity contribution is 4.47. The van der Waals surface area contributed by atoms with Crippen LogP contribution >= 0.6 is 0 Å². The predicted octanol–water partition coefficient (Wildman–Crippen LogP) is 2.03. The lowest BCUT2D eigenvalue weighted by molar-refractivity contribution is 0.135. The first-order chi connectivity index (χ1) is 4.77. The molecule has 0 aromatic rings. The van der Waals surface area contributed by atoms with Gasteiger partial charge in [0.2, 0.25) is 6.43 Å². The van der Waals surface area contributed by atoms with E-state index in [0.29, 0.717) is 6.42 Å². The molecular formula is C7H15F2N. The predicted molar refractivity (Wildman–Crippen MR) is 38.4 cm³/mol. The van der Waals surface area contributed by atoms with Gasteiger partial charge in [0.15, 0.2) is 0 Å². The molecule has 0 amide bonds. The van der Waals surface area contributed by atoms with Crippen LogP contribution in [0.4, 0.5) is 8.78 Å². The SMILES string of the molecule is CCCNCCCC(F)F. The van der Waals surface area contributed by atoms with Crippen molar-refractivity contribution >= 4 is 0 Å². The van der Waals surface area contributed by atoms with Gasteiger partial charge in [-0.25, -0.2) is 8.78 Å². The molecule has 0 fully saturated rings. The molecule has 0 saturated carbocycles. The average molecular weight is 151 g/mol. The van der Waals surface area contributed by atoms with Crippen LogP contribution in [-0.2, 0) is 0 Å². The first kappa shape index (κ1) is 9.82. The smallest absolute Gasteiger partial charge is 0.238 e. The third-order valence-electron chi connectivity index (χ3n) is 1.20. The van der Waals surface area contributed by atoms with E-state index in [9.17, 15) is 8.78 Å². The van der Waals surface area contributed by atoms with Crippen molar-refractivity contribution in [2.24, 2.45) is 0 Å². The van der Waals surface area contributed by atoms with Crippen LogP contribution in [0.1, 0.15) is 26.2 Å². The molecule has 0 spiro atoms. The Kier molecular flexibility index (Phi) is 6.81. The van der Waals surface area contributed by atoms with Crippen LogP contribution in [0, 0.1) is 0 Å². The number of rotatable bonds is 6. The highest BCUT2D eigenvalue weighted by atomic mass is 19.3. The summed E-state index contributed by atoms with van der Waals surface area (Å²) in [7, 11) is 0. The Morgan fingerprint density at radius 1 is 1.30 bits per heavy atom. The largest absolute Gasteiger partial charge is 0.317 e. The van der Waals surface area contributed by atoms with Gasteiger partial charge in [-0.2, -0.15) is 0 Å². The van der Waals surface area contributed by atoms with E-state index >= 15 is 0 Å². The van der Waals surface area contributed by atoms with Gasteiger partial charge in [0.1, 0.15) is 0 Å². The zero-order valence-electron chi connectivity index (χ0n) is 6.37. The molecule has 1 N–H and O–H groups in total. The van der Waals surface area contributed by atoms with Crippen molar-refractivity contribution in [3.05, 3.63) is 0 Å². The van der Waals surface area contributed by atoms with Crippen molar-refractivity contribution in [2.45, 2.75) is 32.6 Å². The van der Waals surface area contributed by atoms with Gasteiger partial charge in [0, 0.05) is 6.42 Å². The van der Waals surface area contributed by atoms with E-state index in [4.69, 9.17) is 0 Å². The lowest BCUT2D eigenvalue weighted by Gasteiger charge is -2.00. The average Bonchev–Trinajstić information content (AvgIpc) is 1.87. The Morgan fingerprint density at radius 2 is 2.00 bits per heavy atom. The summed E-state index contributed by atoms with van der Waals surface area (Å²) in [6.45, 7) is 3.71. The second-order valence-electron chi connectivity index (χ2n) is 2.28. The third kappa shape index (κ3) is 7.82. The topological polar surface area (TPSA) is 12.0 Å². The molecule has 0 aromatic carbocycles. The first-order valence-electron chi connectivity index (χ1n) is 3.76. The van der Waals surface area contributed by atoms with Gasteiger partial charge in [-0.1, -0.05) is 6.92 Å². The maximum Gasteiger partial charge on any atom is 0.238 e. The Morgan fingerprint density at radius 3 is 2.50 bits per heavy atom. The molecule has 0 aliphatic carbocycles. The molecule has 0 radical (unpaired) electrons. The summed E-state index contributed by atoms with van der Waals surface area (Å²) in [5.41, 5.74) is 0. The van der Waals surface area contributed by atoms with Crippen LogP contribution in [0.25, 0.3) is 0 Å². The van der Waals surface area contributed by atoms with Gasteiger partial charge in [0.25, 0.3) is 0 Å². The van der Waals surface area contributed by atoms with Crippen molar-refractivity contribution in [3.8, 4) is 0 Å². The second-order valence-corrected chi connectivity index (χ2v) is 2.28. The number of hydrogen-bond donors (Lipinski definition) is 1. The van der Waals surface area contributed by atoms with E-state index in [0.717, 1.165) is 19.5 Å². The molecule has 0 aromatic heterocycles. The van der Waals surface area contributed by atoms with Gasteiger partial charge in [-0.05, 0) is 25.9 Å². The van der Waals surface area contributed by atoms with Crippen molar-refractivity contribution in [3.63, 3.8) is 0 Å². The van der Waals surface area contributed by atoms with Crippen molar-refractivity contribution in [2.75, 3.05) is 13.1 Å². The lowest BCUT2D eigenvalue weighted by atomic mass is 10.3. The van der Waals surface area contributed by atoms with Crippen molar-refractivity contribution in [1.29, 1.82) is 0 Å². The van der Waals surface area contributed by atoms with E-state index in [-0.39, 0.29) is 6.42 Å². The summed E-state index contributed by atoms with van der Waals surface area (Å²) >= 11 is 0. The van der Waals surface area contributed by atoms with E-state index < -0.39 is 6.43 Å². The summed E-state index contributed by atoms with van der Waals surface area (Å²) in [6, 6.07) is 0. The van der Waals surface area contributed by atoms with Gasteiger partial charge >= 0.3 is 0 Å². The number of halogens is 2. The summed E-state index contributed by atoms with van der Waals surface area (Å²) in [5, 5.41) is 3.06. The number of alkyl halides is 2. The second kappa shape index (κ2) is 6.93. The molecule has 1 nitrogen and oxygen atoms in total. The molecule has 0 aliphatic heterocycles. The fourth-order valence-corrected chi connectivity index (χ4v) is 0.683. The molecule has 0 unspecified atom stereocenters. The Labute approximate surface area is 60.8 Å². The maximum atomic E-state index is 11.5. The van der Waals surface area contributed by atoms with E-state index in [1.54, 1.807) is 0 Å². The molecular weight excluding hydrogens is 136 g/mol. The minimum absolute atomic E-state index is 0.0245. The van der Waals surface area contributed by atoms with E-state index in [2.05, 4.69) is 12.2 Å². The molecule has 0 saturated heterocycles. The standard InChI is InChI=1S/C7H15F2N/c1-2-5-10-6-3-4-7(8)9/h7,10H,2-6H2,1H3. The minimum atomic E-state index is -2.14. The zero-order chi connectivity index (χ0) is 7.82. The Hall–Kier alpha value is -0.180. The molecule has 0 rings (SSSR count). The van der Waals surface area contributed by atoms with Gasteiger partial charge in [0.05, 0.1) is 0 Å². The fourth-order valence-electron chi connectivity index (χ4n) is 0.683. The van der Waals surface area contributed by atoms with Crippen LogP contribution in [-0.4, -0.2) is 19.5 Å². The maximum absolute atomic E-state index is 11.5. The fraction of sp³-hybridized carbons (Fsp3) is 1.00. The highest BCUT2D eigenvalue weighted by Gasteiger charge is 1.99. The molecule has 0 bridgehead atoms. The highest BCUT2D eigenvalue weighted by Crippen LogP contribution is 2.00. The van der Waals surface area contributed by atoms with E-state index in [1.165, 1.54) is 0 Å². The van der Waals surface area contributed by atoms with E-state index in [1.807, 2.05) is 0 Å². The normalized spacial score (nSPS) is 10.8. The van der Waals surface area contributed by atoms with Crippen LogP contribution < -0.4 is 5.32 Å². The Bertz CT molecular complexity index is 66.6. The van der Waals surface area contributed by atoms with Crippen molar-refractivity contribution in [1.82, 2.24) is 5.32 Å². The minimum Gasteiger partial charge on any atom is -0.317 e. The van der Waals surface area contributed by atoms with Gasteiger partial charge in [-0.3, -0.25) is 0 Å². The van der Waals surface area contributed by atoms with Crippen LogP contribution in [0.3, 0.4) is 0 Å². The molecule has 0 heterocycles. The lowest BCUT2D eigenvalue weighted by Crippen LogP contribution is -2.16. The monoisotopic (exact) mass is 151 g/mol. The summed E-state index contributed by atoms with van der Waals surface area (Å²) < 4.78 is 23.0. The molecule has 3 heteroatoms. The summed E-state index contributed by atoms with van der Waals surface area (Å²) in [6.07, 6.45) is -0.466. The molecule has 62 valence electrons. The third-order valence-corrected chi connectivity index (χ3v) is 1.20. The molecule has 0 atom stereocenters. The summed E-state index contributed by atoms with van der Waals surface area (Å²) in [5.74, 6) is 0. The van der Waals surface area contributed by atoms with Crippen LogP contribution in [0.15, 0.2) is 0 Å². The van der Waals surface area contributed by atoms with Crippen molar-refractivity contribution < 1.29 is 8.78 Å². The van der Waals surface area contributed by atoms with Gasteiger partial charge < -0.3 is 5.32 Å². The quantitative estimate of drug-likeness (QED) is 0.573.